The van der Waals surface area contributed by atoms with Crippen LogP contribution in [-0.2, 0) is 13.1 Å². The minimum Gasteiger partial charge on any atom is -0.333 e. The number of imidazole rings is 1. The van der Waals surface area contributed by atoms with Crippen molar-refractivity contribution in [3.05, 3.63) is 48.3 Å². The smallest absolute Gasteiger partial charge is 0.0948 e. The minimum absolute atomic E-state index is 0.169. The summed E-state index contributed by atoms with van der Waals surface area (Å²) in [5.41, 5.74) is 8.29. The normalized spacial score (nSPS) is 12.8. The van der Waals surface area contributed by atoms with E-state index in [0.29, 0.717) is 6.54 Å². The van der Waals surface area contributed by atoms with Gasteiger partial charge < -0.3 is 10.3 Å². The molecule has 0 amide bonds. The number of rotatable bonds is 6. The van der Waals surface area contributed by atoms with Crippen LogP contribution < -0.4 is 5.73 Å². The summed E-state index contributed by atoms with van der Waals surface area (Å²) in [5, 5.41) is 0. The van der Waals surface area contributed by atoms with E-state index in [4.69, 9.17) is 5.73 Å². The van der Waals surface area contributed by atoms with Gasteiger partial charge in [-0.1, -0.05) is 6.07 Å². The molecule has 0 saturated heterocycles. The van der Waals surface area contributed by atoms with Crippen LogP contribution in [0.1, 0.15) is 24.2 Å². The van der Waals surface area contributed by atoms with Gasteiger partial charge in [-0.25, -0.2) is 4.98 Å². The van der Waals surface area contributed by atoms with Gasteiger partial charge in [0, 0.05) is 38.2 Å². The third-order valence-corrected chi connectivity index (χ3v) is 3.34. The second-order valence-corrected chi connectivity index (χ2v) is 4.63. The third-order valence-electron chi connectivity index (χ3n) is 3.34. The van der Waals surface area contributed by atoms with Gasteiger partial charge in [-0.15, -0.1) is 0 Å². The van der Waals surface area contributed by atoms with Crippen molar-refractivity contribution in [3.63, 3.8) is 0 Å². The third kappa shape index (κ3) is 3.19. The van der Waals surface area contributed by atoms with Crippen LogP contribution in [0.15, 0.2) is 37.1 Å². The molecule has 102 valence electrons. The highest BCUT2D eigenvalue weighted by atomic mass is 15.2. The Balaban J connectivity index is 2.13. The molecule has 1 atom stereocenters. The average molecular weight is 259 g/mol. The Labute approximate surface area is 114 Å². The van der Waals surface area contributed by atoms with Crippen molar-refractivity contribution >= 4 is 0 Å². The molecule has 0 saturated carbocycles. The predicted octanol–water partition coefficient (Wildman–Crippen LogP) is 1.43. The Hall–Kier alpha value is -1.72. The van der Waals surface area contributed by atoms with Crippen LogP contribution >= 0.6 is 0 Å². The Morgan fingerprint density at radius 3 is 2.84 bits per heavy atom. The van der Waals surface area contributed by atoms with E-state index in [1.807, 2.05) is 24.8 Å². The van der Waals surface area contributed by atoms with Gasteiger partial charge in [-0.05, 0) is 25.6 Å². The molecule has 2 aromatic rings. The first-order valence-corrected chi connectivity index (χ1v) is 6.55. The van der Waals surface area contributed by atoms with Crippen LogP contribution in [0.2, 0.25) is 0 Å². The summed E-state index contributed by atoms with van der Waals surface area (Å²) < 4.78 is 2.14. The zero-order chi connectivity index (χ0) is 13.7. The van der Waals surface area contributed by atoms with Gasteiger partial charge >= 0.3 is 0 Å². The molecule has 2 aromatic heterocycles. The molecule has 1 unspecified atom stereocenters. The number of hydrogen-bond donors (Lipinski definition) is 1. The molecule has 0 aliphatic carbocycles. The molecular formula is C14H21N5. The van der Waals surface area contributed by atoms with E-state index in [1.54, 1.807) is 6.20 Å². The minimum atomic E-state index is 0.169. The summed E-state index contributed by atoms with van der Waals surface area (Å²) in [6, 6.07) is 4.20. The van der Waals surface area contributed by atoms with Crippen LogP contribution in [0.25, 0.3) is 0 Å². The fourth-order valence-corrected chi connectivity index (χ4v) is 2.29. The lowest BCUT2D eigenvalue weighted by molar-refractivity contribution is 0.232. The van der Waals surface area contributed by atoms with Gasteiger partial charge in [0.2, 0.25) is 0 Å². The zero-order valence-electron chi connectivity index (χ0n) is 11.5. The van der Waals surface area contributed by atoms with E-state index in [0.717, 1.165) is 18.8 Å². The molecule has 0 fully saturated rings. The monoisotopic (exact) mass is 259 g/mol. The number of nitrogens with two attached hydrogens (primary N) is 1. The lowest BCUT2D eigenvalue weighted by Crippen LogP contribution is -2.31. The maximum Gasteiger partial charge on any atom is 0.0948 e. The molecule has 19 heavy (non-hydrogen) atoms. The molecule has 0 radical (unpaired) electrons. The fraction of sp³-hybridized carbons (Fsp3) is 0.429. The standard InChI is InChI=1S/C14H21N5/c1-3-19-11-17-9-14(19)13(7-15)18(2)10-12-5-4-6-16-8-12/h4-6,8-9,11,13H,3,7,10,15H2,1-2H3. The molecule has 2 heterocycles. The highest BCUT2D eigenvalue weighted by molar-refractivity contribution is 5.11. The molecule has 0 bridgehead atoms. The van der Waals surface area contributed by atoms with Crippen molar-refractivity contribution in [1.29, 1.82) is 0 Å². The summed E-state index contributed by atoms with van der Waals surface area (Å²) >= 11 is 0. The van der Waals surface area contributed by atoms with Crippen molar-refractivity contribution in [2.75, 3.05) is 13.6 Å². The summed E-state index contributed by atoms with van der Waals surface area (Å²) in [6.45, 7) is 4.42. The van der Waals surface area contributed by atoms with Gasteiger partial charge in [0.05, 0.1) is 18.1 Å². The molecule has 5 heteroatoms. The number of hydrogen-bond acceptors (Lipinski definition) is 4. The van der Waals surface area contributed by atoms with Crippen LogP contribution in [-0.4, -0.2) is 33.0 Å². The lowest BCUT2D eigenvalue weighted by atomic mass is 10.1. The average Bonchev–Trinajstić information content (AvgIpc) is 2.89. The lowest BCUT2D eigenvalue weighted by Gasteiger charge is -2.27. The van der Waals surface area contributed by atoms with Crippen LogP contribution in [0.3, 0.4) is 0 Å². The SMILES string of the molecule is CCn1cncc1C(CN)N(C)Cc1cccnc1. The van der Waals surface area contributed by atoms with E-state index in [9.17, 15) is 0 Å². The van der Waals surface area contributed by atoms with Crippen LogP contribution in [0, 0.1) is 0 Å². The largest absolute Gasteiger partial charge is 0.333 e. The molecular weight excluding hydrogens is 238 g/mol. The maximum absolute atomic E-state index is 5.94. The van der Waals surface area contributed by atoms with Gasteiger partial charge in [0.1, 0.15) is 0 Å². The number of nitrogens with zero attached hydrogens (tertiary/aromatic N) is 4. The second-order valence-electron chi connectivity index (χ2n) is 4.63. The van der Waals surface area contributed by atoms with Crippen molar-refractivity contribution in [2.45, 2.75) is 26.1 Å². The summed E-state index contributed by atoms with van der Waals surface area (Å²) in [4.78, 5) is 10.6. The van der Waals surface area contributed by atoms with E-state index in [2.05, 4.69) is 39.5 Å². The Morgan fingerprint density at radius 1 is 1.37 bits per heavy atom. The summed E-state index contributed by atoms with van der Waals surface area (Å²) in [6.07, 6.45) is 7.44. The van der Waals surface area contributed by atoms with Crippen molar-refractivity contribution < 1.29 is 0 Å². The first kappa shape index (κ1) is 13.7. The molecule has 0 spiro atoms. The number of aryl methyl sites for hydroxylation is 1. The molecule has 0 aliphatic rings. The number of pyridine rings is 1. The van der Waals surface area contributed by atoms with Gasteiger partial charge in [0.25, 0.3) is 0 Å². The summed E-state index contributed by atoms with van der Waals surface area (Å²) in [5.74, 6) is 0. The second kappa shape index (κ2) is 6.45. The van der Waals surface area contributed by atoms with Gasteiger partial charge in [-0.2, -0.15) is 0 Å². The zero-order valence-corrected chi connectivity index (χ0v) is 11.5. The molecule has 0 aromatic carbocycles. The summed E-state index contributed by atoms with van der Waals surface area (Å²) in [7, 11) is 2.08. The van der Waals surface area contributed by atoms with Crippen molar-refractivity contribution in [3.8, 4) is 0 Å². The van der Waals surface area contributed by atoms with Gasteiger partial charge in [-0.3, -0.25) is 9.88 Å². The Bertz CT molecular complexity index is 494. The highest BCUT2D eigenvalue weighted by Crippen LogP contribution is 2.19. The molecule has 5 nitrogen and oxygen atoms in total. The highest BCUT2D eigenvalue weighted by Gasteiger charge is 2.19. The molecule has 2 N–H and O–H groups in total. The van der Waals surface area contributed by atoms with E-state index in [-0.39, 0.29) is 6.04 Å². The van der Waals surface area contributed by atoms with E-state index in [1.165, 1.54) is 5.56 Å². The van der Waals surface area contributed by atoms with Crippen molar-refractivity contribution in [1.82, 2.24) is 19.4 Å². The van der Waals surface area contributed by atoms with Crippen molar-refractivity contribution in [2.24, 2.45) is 5.73 Å². The van der Waals surface area contributed by atoms with Crippen LogP contribution in [0.5, 0.6) is 0 Å². The fourth-order valence-electron chi connectivity index (χ4n) is 2.29. The molecule has 2 rings (SSSR count). The van der Waals surface area contributed by atoms with E-state index >= 15 is 0 Å². The maximum atomic E-state index is 5.94. The van der Waals surface area contributed by atoms with Gasteiger partial charge in [0.15, 0.2) is 0 Å². The first-order chi connectivity index (χ1) is 9.26. The predicted molar refractivity (Wildman–Crippen MR) is 75.4 cm³/mol. The number of likely N-dealkylation sites (N-methyl/N-ethyl adjacent to an activating group) is 1. The quantitative estimate of drug-likeness (QED) is 0.852. The van der Waals surface area contributed by atoms with Crippen LogP contribution in [0.4, 0.5) is 0 Å². The Morgan fingerprint density at radius 2 is 2.21 bits per heavy atom. The molecule has 0 aliphatic heterocycles. The van der Waals surface area contributed by atoms with E-state index < -0.39 is 0 Å². The topological polar surface area (TPSA) is 60.0 Å². The number of aromatic nitrogens is 3. The first-order valence-electron chi connectivity index (χ1n) is 6.55. The Kier molecular flexibility index (Phi) is 4.65.